The quantitative estimate of drug-likeness (QED) is 0.947. The van der Waals surface area contributed by atoms with Gasteiger partial charge >= 0.3 is 0 Å². The highest BCUT2D eigenvalue weighted by Crippen LogP contribution is 2.23. The highest BCUT2D eigenvalue weighted by Gasteiger charge is 2.15. The second-order valence-electron chi connectivity index (χ2n) is 3.42. The third-order valence-corrected chi connectivity index (χ3v) is 4.05. The fourth-order valence-electron chi connectivity index (χ4n) is 1.29. The van der Waals surface area contributed by atoms with E-state index in [1.54, 1.807) is 12.1 Å². The van der Waals surface area contributed by atoms with E-state index in [9.17, 15) is 8.42 Å². The third kappa shape index (κ3) is 2.93. The summed E-state index contributed by atoms with van der Waals surface area (Å²) in [7, 11) is -3.72. The van der Waals surface area contributed by atoms with E-state index >= 15 is 0 Å². The summed E-state index contributed by atoms with van der Waals surface area (Å²) < 4.78 is 26.4. The first-order valence-electron chi connectivity index (χ1n) is 4.87. The maximum Gasteiger partial charge on any atom is 0.262 e. The van der Waals surface area contributed by atoms with Gasteiger partial charge in [-0.05, 0) is 24.3 Å². The predicted octanol–water partition coefficient (Wildman–Crippen LogP) is 3.19. The summed E-state index contributed by atoms with van der Waals surface area (Å²) in [6.07, 6.45) is 2.81. The van der Waals surface area contributed by atoms with Gasteiger partial charge in [-0.1, -0.05) is 29.3 Å². The number of benzene rings is 1. The molecule has 0 atom stereocenters. The van der Waals surface area contributed by atoms with E-state index in [0.29, 0.717) is 5.02 Å². The van der Waals surface area contributed by atoms with E-state index in [1.165, 1.54) is 30.6 Å². The molecule has 0 bridgehead atoms. The molecule has 1 aromatic carbocycles. The average molecular weight is 303 g/mol. The SMILES string of the molecule is O=S(=O)(Nc1cnccc1Cl)c1cccc(Cl)c1. The highest BCUT2D eigenvalue weighted by molar-refractivity contribution is 7.92. The average Bonchev–Trinajstić information content (AvgIpc) is 2.32. The molecule has 1 heterocycles. The Morgan fingerprint density at radius 1 is 1.17 bits per heavy atom. The minimum absolute atomic E-state index is 0.0647. The molecular formula is C11H8Cl2N2O2S. The van der Waals surface area contributed by atoms with E-state index in [0.717, 1.165) is 0 Å². The second-order valence-corrected chi connectivity index (χ2v) is 5.94. The Morgan fingerprint density at radius 2 is 1.94 bits per heavy atom. The van der Waals surface area contributed by atoms with Gasteiger partial charge in [0.15, 0.2) is 0 Å². The van der Waals surface area contributed by atoms with Crippen LogP contribution in [0.2, 0.25) is 10.0 Å². The second kappa shape index (κ2) is 5.14. The van der Waals surface area contributed by atoms with Crippen molar-refractivity contribution in [1.82, 2.24) is 4.98 Å². The van der Waals surface area contributed by atoms with Crippen LogP contribution in [-0.2, 0) is 10.0 Å². The molecule has 1 N–H and O–H groups in total. The van der Waals surface area contributed by atoms with Gasteiger partial charge in [-0.2, -0.15) is 0 Å². The number of hydrogen-bond acceptors (Lipinski definition) is 3. The first kappa shape index (κ1) is 13.1. The van der Waals surface area contributed by atoms with Crippen LogP contribution in [0.25, 0.3) is 0 Å². The molecule has 18 heavy (non-hydrogen) atoms. The number of hydrogen-bond donors (Lipinski definition) is 1. The number of pyridine rings is 1. The molecule has 0 fully saturated rings. The minimum atomic E-state index is -3.72. The topological polar surface area (TPSA) is 59.1 Å². The Hall–Kier alpha value is -1.30. The van der Waals surface area contributed by atoms with Crippen molar-refractivity contribution in [2.45, 2.75) is 4.90 Å². The van der Waals surface area contributed by atoms with Crippen molar-refractivity contribution in [2.24, 2.45) is 0 Å². The lowest BCUT2D eigenvalue weighted by atomic mass is 10.4. The number of halogens is 2. The number of rotatable bonds is 3. The van der Waals surface area contributed by atoms with E-state index in [2.05, 4.69) is 9.71 Å². The molecule has 0 aliphatic rings. The number of anilines is 1. The summed E-state index contributed by atoms with van der Waals surface area (Å²) in [6.45, 7) is 0. The fourth-order valence-corrected chi connectivity index (χ4v) is 2.86. The van der Waals surface area contributed by atoms with Gasteiger partial charge in [0.2, 0.25) is 0 Å². The normalized spacial score (nSPS) is 11.2. The number of aromatic nitrogens is 1. The van der Waals surface area contributed by atoms with E-state index in [1.807, 2.05) is 0 Å². The molecule has 1 aromatic heterocycles. The first-order chi connectivity index (χ1) is 8.49. The zero-order valence-corrected chi connectivity index (χ0v) is 11.3. The van der Waals surface area contributed by atoms with Gasteiger partial charge in [-0.25, -0.2) is 8.42 Å². The van der Waals surface area contributed by atoms with Crippen LogP contribution in [0, 0.1) is 0 Å². The zero-order chi connectivity index (χ0) is 13.2. The molecular weight excluding hydrogens is 295 g/mol. The highest BCUT2D eigenvalue weighted by atomic mass is 35.5. The Balaban J connectivity index is 2.37. The summed E-state index contributed by atoms with van der Waals surface area (Å²) >= 11 is 11.6. The van der Waals surface area contributed by atoms with Gasteiger partial charge in [0.05, 0.1) is 21.8 Å². The van der Waals surface area contributed by atoms with Crippen LogP contribution in [0.3, 0.4) is 0 Å². The molecule has 0 unspecified atom stereocenters. The van der Waals surface area contributed by atoms with Gasteiger partial charge in [0.25, 0.3) is 10.0 Å². The van der Waals surface area contributed by atoms with Crippen LogP contribution in [0.15, 0.2) is 47.6 Å². The molecule has 0 saturated heterocycles. The lowest BCUT2D eigenvalue weighted by Crippen LogP contribution is -2.13. The van der Waals surface area contributed by atoms with Crippen molar-refractivity contribution in [2.75, 3.05) is 4.72 Å². The van der Waals surface area contributed by atoms with E-state index in [-0.39, 0.29) is 15.6 Å². The van der Waals surface area contributed by atoms with Gasteiger partial charge in [-0.3, -0.25) is 9.71 Å². The van der Waals surface area contributed by atoms with E-state index < -0.39 is 10.0 Å². The largest absolute Gasteiger partial charge is 0.277 e. The van der Waals surface area contributed by atoms with Crippen LogP contribution in [0.5, 0.6) is 0 Å². The van der Waals surface area contributed by atoms with Crippen LogP contribution in [-0.4, -0.2) is 13.4 Å². The van der Waals surface area contributed by atoms with Crippen LogP contribution in [0.1, 0.15) is 0 Å². The molecule has 0 aliphatic carbocycles. The summed E-state index contributed by atoms with van der Waals surface area (Å²) in [5.41, 5.74) is 0.221. The minimum Gasteiger partial charge on any atom is -0.277 e. The predicted molar refractivity (Wildman–Crippen MR) is 71.5 cm³/mol. The van der Waals surface area contributed by atoms with Gasteiger partial charge in [0, 0.05) is 11.2 Å². The summed E-state index contributed by atoms with van der Waals surface area (Å²) in [6, 6.07) is 7.45. The third-order valence-electron chi connectivity index (χ3n) is 2.12. The molecule has 7 heteroatoms. The molecule has 0 saturated carbocycles. The van der Waals surface area contributed by atoms with Crippen molar-refractivity contribution < 1.29 is 8.42 Å². The van der Waals surface area contributed by atoms with Gasteiger partial charge in [-0.15, -0.1) is 0 Å². The number of nitrogens with zero attached hydrogens (tertiary/aromatic N) is 1. The Morgan fingerprint density at radius 3 is 2.61 bits per heavy atom. The summed E-state index contributed by atoms with van der Waals surface area (Å²) in [4.78, 5) is 3.87. The number of nitrogens with one attached hydrogen (secondary N) is 1. The Bertz CT molecular complexity index is 674. The maximum absolute atomic E-state index is 12.0. The Kier molecular flexibility index (Phi) is 3.75. The van der Waals surface area contributed by atoms with Crippen molar-refractivity contribution in [3.05, 3.63) is 52.8 Å². The molecule has 0 aliphatic heterocycles. The molecule has 0 amide bonds. The van der Waals surface area contributed by atoms with Crippen LogP contribution < -0.4 is 4.72 Å². The standard InChI is InChI=1S/C11H8Cl2N2O2S/c12-8-2-1-3-9(6-8)18(16,17)15-11-7-14-5-4-10(11)13/h1-7,15H. The monoisotopic (exact) mass is 302 g/mol. The van der Waals surface area contributed by atoms with Crippen molar-refractivity contribution in [3.8, 4) is 0 Å². The van der Waals surface area contributed by atoms with Crippen molar-refractivity contribution >= 4 is 38.9 Å². The van der Waals surface area contributed by atoms with E-state index in [4.69, 9.17) is 23.2 Å². The summed E-state index contributed by atoms with van der Waals surface area (Å²) in [5, 5.41) is 0.616. The molecule has 2 aromatic rings. The lowest BCUT2D eigenvalue weighted by molar-refractivity contribution is 0.601. The summed E-state index contributed by atoms with van der Waals surface area (Å²) in [5.74, 6) is 0. The molecule has 94 valence electrons. The van der Waals surface area contributed by atoms with Gasteiger partial charge < -0.3 is 0 Å². The van der Waals surface area contributed by atoms with Crippen LogP contribution >= 0.6 is 23.2 Å². The molecule has 0 spiro atoms. The molecule has 4 nitrogen and oxygen atoms in total. The smallest absolute Gasteiger partial charge is 0.262 e. The van der Waals surface area contributed by atoms with Crippen molar-refractivity contribution in [1.29, 1.82) is 0 Å². The van der Waals surface area contributed by atoms with Crippen molar-refractivity contribution in [3.63, 3.8) is 0 Å². The first-order valence-corrected chi connectivity index (χ1v) is 7.11. The van der Waals surface area contributed by atoms with Gasteiger partial charge in [0.1, 0.15) is 0 Å². The lowest BCUT2D eigenvalue weighted by Gasteiger charge is -2.09. The fraction of sp³-hybridized carbons (Fsp3) is 0. The molecule has 0 radical (unpaired) electrons. The maximum atomic E-state index is 12.0. The molecule has 2 rings (SSSR count). The zero-order valence-electron chi connectivity index (χ0n) is 8.97. The Labute approximate surface area is 115 Å². The number of sulfonamides is 1. The van der Waals surface area contributed by atoms with Crippen LogP contribution in [0.4, 0.5) is 5.69 Å².